The third-order valence-electron chi connectivity index (χ3n) is 3.95. The molecule has 0 atom stereocenters. The van der Waals surface area contributed by atoms with Crippen LogP contribution in [0.25, 0.3) is 0 Å². The Balaban J connectivity index is 2.18. The zero-order valence-corrected chi connectivity index (χ0v) is 17.5. The minimum atomic E-state index is -4.13. The number of amides is 1. The van der Waals surface area contributed by atoms with Crippen molar-refractivity contribution in [2.75, 3.05) is 18.5 Å². The molecule has 3 N–H and O–H groups in total. The maximum atomic E-state index is 12.7. The van der Waals surface area contributed by atoms with Crippen molar-refractivity contribution in [2.45, 2.75) is 32.6 Å². The van der Waals surface area contributed by atoms with Gasteiger partial charge >= 0.3 is 5.97 Å². The zero-order chi connectivity index (χ0) is 21.1. The average Bonchev–Trinajstić information content (AvgIpc) is 2.91. The number of H-pyrrole nitrogens is 1. The summed E-state index contributed by atoms with van der Waals surface area (Å²) in [7, 11) is -4.13. The number of aryl methyl sites for hydroxylation is 3. The number of esters is 1. The first-order chi connectivity index (χ1) is 13.1. The highest BCUT2D eigenvalue weighted by molar-refractivity contribution is 7.89. The SMILES string of the molecule is CCOC(=O)c1c(C)[nH]c(C)c1S(=O)(=O)NCC(=O)Nc1ccc(Cl)cc1C. The number of halogens is 1. The molecule has 0 bridgehead atoms. The second kappa shape index (κ2) is 8.76. The molecule has 0 unspecified atom stereocenters. The number of nitrogens with one attached hydrogen (secondary N) is 3. The van der Waals surface area contributed by atoms with E-state index in [-0.39, 0.29) is 22.8 Å². The summed E-state index contributed by atoms with van der Waals surface area (Å²) in [5.41, 5.74) is 1.85. The molecule has 0 aliphatic rings. The van der Waals surface area contributed by atoms with Crippen molar-refractivity contribution in [3.8, 4) is 0 Å². The van der Waals surface area contributed by atoms with E-state index < -0.39 is 28.4 Å². The van der Waals surface area contributed by atoms with Crippen LogP contribution in [0.2, 0.25) is 5.02 Å². The summed E-state index contributed by atoms with van der Waals surface area (Å²) < 4.78 is 32.6. The number of aromatic nitrogens is 1. The van der Waals surface area contributed by atoms with E-state index in [0.717, 1.165) is 5.56 Å². The highest BCUT2D eigenvalue weighted by atomic mass is 35.5. The molecule has 0 radical (unpaired) electrons. The molecule has 8 nitrogen and oxygen atoms in total. The van der Waals surface area contributed by atoms with E-state index in [1.54, 1.807) is 39.0 Å². The molecule has 0 fully saturated rings. The largest absolute Gasteiger partial charge is 0.462 e. The number of hydrogen-bond acceptors (Lipinski definition) is 5. The van der Waals surface area contributed by atoms with Gasteiger partial charge in [-0.15, -0.1) is 0 Å². The lowest BCUT2D eigenvalue weighted by Crippen LogP contribution is -2.34. The Morgan fingerprint density at radius 3 is 2.46 bits per heavy atom. The number of anilines is 1. The average molecular weight is 428 g/mol. The van der Waals surface area contributed by atoms with Crippen molar-refractivity contribution in [3.05, 3.63) is 45.7 Å². The summed E-state index contributed by atoms with van der Waals surface area (Å²) in [4.78, 5) is 26.9. The standard InChI is InChI=1S/C18H22ClN3O5S/c1-5-27-18(24)16-11(3)21-12(4)17(16)28(25,26)20-9-15(23)22-14-7-6-13(19)8-10(14)2/h6-8,20-21H,5,9H2,1-4H3,(H,22,23). The Morgan fingerprint density at radius 2 is 1.86 bits per heavy atom. The van der Waals surface area contributed by atoms with Crippen molar-refractivity contribution < 1.29 is 22.7 Å². The van der Waals surface area contributed by atoms with Gasteiger partial charge in [0.25, 0.3) is 0 Å². The Morgan fingerprint density at radius 1 is 1.18 bits per heavy atom. The number of rotatable bonds is 7. The molecule has 1 amide bonds. The molecule has 0 saturated carbocycles. The Kier molecular flexibility index (Phi) is 6.87. The van der Waals surface area contributed by atoms with Crippen LogP contribution in [0.1, 0.15) is 34.2 Å². The maximum Gasteiger partial charge on any atom is 0.341 e. The predicted molar refractivity (Wildman–Crippen MR) is 106 cm³/mol. The Bertz CT molecular complexity index is 1010. The number of carbonyl (C=O) groups excluding carboxylic acids is 2. The van der Waals surface area contributed by atoms with Gasteiger partial charge in [-0.1, -0.05) is 11.6 Å². The fourth-order valence-corrected chi connectivity index (χ4v) is 4.39. The van der Waals surface area contributed by atoms with E-state index in [4.69, 9.17) is 16.3 Å². The summed E-state index contributed by atoms with van der Waals surface area (Å²) in [5.74, 6) is -1.30. The van der Waals surface area contributed by atoms with Crippen molar-refractivity contribution in [1.29, 1.82) is 0 Å². The van der Waals surface area contributed by atoms with E-state index in [1.807, 2.05) is 0 Å². The third kappa shape index (κ3) is 4.92. The highest BCUT2D eigenvalue weighted by Crippen LogP contribution is 2.24. The fourth-order valence-electron chi connectivity index (χ4n) is 2.74. The third-order valence-corrected chi connectivity index (χ3v) is 5.76. The van der Waals surface area contributed by atoms with E-state index in [2.05, 4.69) is 15.0 Å². The Labute approximate surface area is 168 Å². The predicted octanol–water partition coefficient (Wildman–Crippen LogP) is 2.69. The summed E-state index contributed by atoms with van der Waals surface area (Å²) in [6, 6.07) is 4.92. The monoisotopic (exact) mass is 427 g/mol. The summed E-state index contributed by atoms with van der Waals surface area (Å²) in [5, 5.41) is 3.14. The topological polar surface area (TPSA) is 117 Å². The summed E-state index contributed by atoms with van der Waals surface area (Å²) >= 11 is 5.88. The van der Waals surface area contributed by atoms with Gasteiger partial charge in [0, 0.05) is 22.1 Å². The van der Waals surface area contributed by atoms with Gasteiger partial charge in [0.15, 0.2) is 0 Å². The molecule has 2 rings (SSSR count). The van der Waals surface area contributed by atoms with E-state index in [1.165, 1.54) is 6.92 Å². The molecule has 0 aliphatic heterocycles. The first-order valence-corrected chi connectivity index (χ1v) is 10.3. The van der Waals surface area contributed by atoms with Crippen LogP contribution in [0.5, 0.6) is 0 Å². The van der Waals surface area contributed by atoms with Gasteiger partial charge in [-0.05, 0) is 51.5 Å². The van der Waals surface area contributed by atoms with Crippen LogP contribution in [0.15, 0.2) is 23.1 Å². The molecule has 0 saturated heterocycles. The molecule has 1 aromatic carbocycles. The quantitative estimate of drug-likeness (QED) is 0.587. The van der Waals surface area contributed by atoms with Gasteiger partial charge in [-0.2, -0.15) is 0 Å². The van der Waals surface area contributed by atoms with E-state index >= 15 is 0 Å². The number of aromatic amines is 1. The highest BCUT2D eigenvalue weighted by Gasteiger charge is 2.30. The first-order valence-electron chi connectivity index (χ1n) is 8.48. The zero-order valence-electron chi connectivity index (χ0n) is 16.0. The van der Waals surface area contributed by atoms with Crippen molar-refractivity contribution >= 4 is 39.2 Å². The van der Waals surface area contributed by atoms with Crippen LogP contribution in [0, 0.1) is 20.8 Å². The van der Waals surface area contributed by atoms with Gasteiger partial charge in [0.2, 0.25) is 15.9 Å². The summed E-state index contributed by atoms with van der Waals surface area (Å²) in [6.45, 7) is 6.11. The normalized spacial score (nSPS) is 11.3. The fraction of sp³-hybridized carbons (Fsp3) is 0.333. The van der Waals surface area contributed by atoms with Gasteiger partial charge < -0.3 is 15.0 Å². The molecule has 1 heterocycles. The van der Waals surface area contributed by atoms with Gasteiger partial charge in [0.05, 0.1) is 13.2 Å². The molecule has 2 aromatic rings. The molecular weight excluding hydrogens is 406 g/mol. The van der Waals surface area contributed by atoms with Gasteiger partial charge in [-0.3, -0.25) is 4.79 Å². The Hall–Kier alpha value is -2.36. The number of sulfonamides is 1. The minimum Gasteiger partial charge on any atom is -0.462 e. The lowest BCUT2D eigenvalue weighted by molar-refractivity contribution is -0.115. The molecular formula is C18H22ClN3O5S. The second-order valence-electron chi connectivity index (χ2n) is 6.13. The van der Waals surface area contributed by atoms with Gasteiger partial charge in [0.1, 0.15) is 10.5 Å². The molecule has 152 valence electrons. The summed E-state index contributed by atoms with van der Waals surface area (Å²) in [6.07, 6.45) is 0. The van der Waals surface area contributed by atoms with Crippen LogP contribution < -0.4 is 10.0 Å². The number of carbonyl (C=O) groups is 2. The molecule has 0 spiro atoms. The van der Waals surface area contributed by atoms with Crippen molar-refractivity contribution in [3.63, 3.8) is 0 Å². The van der Waals surface area contributed by atoms with Crippen LogP contribution in [-0.2, 0) is 19.6 Å². The maximum absolute atomic E-state index is 12.7. The van der Waals surface area contributed by atoms with Crippen LogP contribution >= 0.6 is 11.6 Å². The lowest BCUT2D eigenvalue weighted by atomic mass is 10.2. The van der Waals surface area contributed by atoms with Crippen molar-refractivity contribution in [1.82, 2.24) is 9.71 Å². The molecule has 28 heavy (non-hydrogen) atoms. The smallest absolute Gasteiger partial charge is 0.341 e. The minimum absolute atomic E-state index is 0.0687. The number of ether oxygens (including phenoxy) is 1. The van der Waals surface area contributed by atoms with E-state index in [0.29, 0.717) is 16.4 Å². The van der Waals surface area contributed by atoms with E-state index in [9.17, 15) is 18.0 Å². The lowest BCUT2D eigenvalue weighted by Gasteiger charge is -2.11. The molecule has 0 aliphatic carbocycles. The van der Waals surface area contributed by atoms with Gasteiger partial charge in [-0.25, -0.2) is 17.9 Å². The number of hydrogen-bond donors (Lipinski definition) is 3. The van der Waals surface area contributed by atoms with Crippen LogP contribution in [0.3, 0.4) is 0 Å². The van der Waals surface area contributed by atoms with Crippen LogP contribution in [-0.4, -0.2) is 38.4 Å². The second-order valence-corrected chi connectivity index (χ2v) is 8.27. The first kappa shape index (κ1) is 21.9. The number of benzene rings is 1. The molecule has 10 heteroatoms. The van der Waals surface area contributed by atoms with Crippen molar-refractivity contribution in [2.24, 2.45) is 0 Å². The molecule has 1 aromatic heterocycles. The van der Waals surface area contributed by atoms with Crippen LogP contribution in [0.4, 0.5) is 5.69 Å².